The monoisotopic (exact) mass is 522 g/mol. The van der Waals surface area contributed by atoms with Gasteiger partial charge in [0.2, 0.25) is 5.91 Å². The summed E-state index contributed by atoms with van der Waals surface area (Å²) in [5.41, 5.74) is 1.55. The van der Waals surface area contributed by atoms with Gasteiger partial charge in [0.15, 0.2) is 0 Å². The van der Waals surface area contributed by atoms with E-state index in [2.05, 4.69) is 10.4 Å². The van der Waals surface area contributed by atoms with Gasteiger partial charge in [0, 0.05) is 16.7 Å². The van der Waals surface area contributed by atoms with E-state index in [1.165, 1.54) is 28.4 Å². The minimum Gasteiger partial charge on any atom is -0.497 e. The van der Waals surface area contributed by atoms with Gasteiger partial charge in [0.05, 0.1) is 25.4 Å². The number of aliphatic carboxylic acids is 1. The molecule has 2 atom stereocenters. The van der Waals surface area contributed by atoms with Crippen LogP contribution in [0.15, 0.2) is 82.5 Å². The first-order chi connectivity index (χ1) is 17.5. The number of benzene rings is 2. The lowest BCUT2D eigenvalue weighted by Gasteiger charge is -2.49. The summed E-state index contributed by atoms with van der Waals surface area (Å²) < 4.78 is 6.99. The van der Waals surface area contributed by atoms with Crippen LogP contribution in [0.5, 0.6) is 5.75 Å². The molecule has 2 aromatic carbocycles. The second-order valence-corrected chi connectivity index (χ2v) is 10.3. The number of thioether (sulfide) groups is 2. The summed E-state index contributed by atoms with van der Waals surface area (Å²) in [4.78, 5) is 39.5. The van der Waals surface area contributed by atoms with Crippen molar-refractivity contribution >= 4 is 41.3 Å². The first kappa shape index (κ1) is 24.0. The number of fused-ring (bicyclic) bond motifs is 1. The molecule has 0 spiro atoms. The molecular weight excluding hydrogens is 500 g/mol. The van der Waals surface area contributed by atoms with Gasteiger partial charge in [-0.1, -0.05) is 48.2 Å². The van der Waals surface area contributed by atoms with Crippen molar-refractivity contribution in [2.45, 2.75) is 22.9 Å². The Hall–Kier alpha value is -3.70. The molecule has 0 bridgehead atoms. The molecule has 2 aliphatic heterocycles. The zero-order valence-corrected chi connectivity index (χ0v) is 20.8. The Kier molecular flexibility index (Phi) is 6.75. The molecule has 0 aliphatic carbocycles. The van der Waals surface area contributed by atoms with E-state index in [1.54, 1.807) is 24.1 Å². The Morgan fingerprint density at radius 3 is 2.75 bits per heavy atom. The van der Waals surface area contributed by atoms with Crippen LogP contribution in [0.3, 0.4) is 0 Å². The van der Waals surface area contributed by atoms with Crippen molar-refractivity contribution in [1.29, 1.82) is 0 Å². The van der Waals surface area contributed by atoms with Gasteiger partial charge in [-0.3, -0.25) is 14.5 Å². The van der Waals surface area contributed by atoms with Crippen LogP contribution in [0.1, 0.15) is 5.56 Å². The van der Waals surface area contributed by atoms with Gasteiger partial charge in [0.25, 0.3) is 5.91 Å². The number of nitrogens with one attached hydrogen (secondary N) is 1. The number of carboxylic acid groups (broad SMARTS) is 1. The largest absolute Gasteiger partial charge is 0.497 e. The highest BCUT2D eigenvalue weighted by molar-refractivity contribution is 8.06. The van der Waals surface area contributed by atoms with E-state index < -0.39 is 23.3 Å². The average Bonchev–Trinajstić information content (AvgIpc) is 3.35. The maximum Gasteiger partial charge on any atom is 0.353 e. The molecular formula is C25H22N4O5S2. The van der Waals surface area contributed by atoms with Crippen LogP contribution in [0, 0.1) is 0 Å². The lowest BCUT2D eigenvalue weighted by molar-refractivity contribution is -0.150. The van der Waals surface area contributed by atoms with Crippen LogP contribution >= 0.6 is 23.5 Å². The van der Waals surface area contributed by atoms with Crippen molar-refractivity contribution in [3.8, 4) is 11.4 Å². The van der Waals surface area contributed by atoms with E-state index in [0.717, 1.165) is 11.3 Å². The number of ether oxygens (including phenoxy) is 1. The molecule has 3 heterocycles. The fourth-order valence-corrected chi connectivity index (χ4v) is 6.64. The second-order valence-electron chi connectivity index (χ2n) is 8.08. The Morgan fingerprint density at radius 1 is 1.19 bits per heavy atom. The lowest BCUT2D eigenvalue weighted by Crippen LogP contribution is -2.70. The molecule has 0 radical (unpaired) electrons. The Labute approximate surface area is 215 Å². The number of hydrogen-bond donors (Lipinski definition) is 2. The number of carboxylic acids is 1. The highest BCUT2D eigenvalue weighted by Crippen LogP contribution is 2.45. The van der Waals surface area contributed by atoms with Gasteiger partial charge in [-0.2, -0.15) is 5.10 Å². The summed E-state index contributed by atoms with van der Waals surface area (Å²) >= 11 is 2.69. The Morgan fingerprint density at radius 2 is 2.00 bits per heavy atom. The minimum absolute atomic E-state index is 0.0549. The van der Waals surface area contributed by atoms with Gasteiger partial charge < -0.3 is 15.2 Å². The van der Waals surface area contributed by atoms with E-state index in [-0.39, 0.29) is 18.0 Å². The number of methoxy groups -OCH3 is 1. The van der Waals surface area contributed by atoms with Crippen LogP contribution in [-0.2, 0) is 20.8 Å². The third kappa shape index (κ3) is 4.59. The summed E-state index contributed by atoms with van der Waals surface area (Å²) in [6.45, 7) is 0. The van der Waals surface area contributed by atoms with Gasteiger partial charge in [-0.25, -0.2) is 9.48 Å². The SMILES string of the molecule is COc1cccc(-n2nccc2SC2=C(C(=O)O)N3C(=O)[C@@H](NC(=O)Cc4ccccc4)[C@@H]3SC2)c1. The first-order valence-corrected chi connectivity index (χ1v) is 12.9. The van der Waals surface area contributed by atoms with E-state index in [0.29, 0.717) is 21.4 Å². The van der Waals surface area contributed by atoms with E-state index >= 15 is 0 Å². The van der Waals surface area contributed by atoms with Gasteiger partial charge in [-0.15, -0.1) is 11.8 Å². The van der Waals surface area contributed by atoms with E-state index in [1.807, 2.05) is 54.6 Å². The molecule has 5 rings (SSSR count). The molecule has 36 heavy (non-hydrogen) atoms. The summed E-state index contributed by atoms with van der Waals surface area (Å²) in [6, 6.07) is 17.7. The molecule has 1 fully saturated rings. The summed E-state index contributed by atoms with van der Waals surface area (Å²) in [5, 5.41) is 17.4. The number of hydrogen-bond acceptors (Lipinski definition) is 7. The number of carbonyl (C=O) groups is 3. The number of amides is 2. The Balaban J connectivity index is 1.34. The molecule has 2 aliphatic rings. The van der Waals surface area contributed by atoms with E-state index in [9.17, 15) is 19.5 Å². The predicted octanol–water partition coefficient (Wildman–Crippen LogP) is 2.91. The molecule has 2 N–H and O–H groups in total. The van der Waals surface area contributed by atoms with Crippen molar-refractivity contribution < 1.29 is 24.2 Å². The Bertz CT molecular complexity index is 1360. The maximum absolute atomic E-state index is 13.0. The molecule has 3 aromatic rings. The standard InChI is InChI=1S/C25H22N4O5S2/c1-34-17-9-5-8-16(13-17)29-20(10-11-26-29)36-18-14-35-24-21(23(31)28(24)22(18)25(32)33)27-19(30)12-15-6-3-2-4-7-15/h2-11,13,21,24H,12,14H2,1H3,(H,27,30)(H,32,33)/t21-,24+/m1/s1. The van der Waals surface area contributed by atoms with Crippen molar-refractivity contribution in [2.24, 2.45) is 0 Å². The number of β-lactam (4-membered cyclic amide) rings is 1. The van der Waals surface area contributed by atoms with Crippen LogP contribution < -0.4 is 10.1 Å². The smallest absolute Gasteiger partial charge is 0.353 e. The number of carbonyl (C=O) groups excluding carboxylic acids is 2. The summed E-state index contributed by atoms with van der Waals surface area (Å²) in [7, 11) is 1.58. The molecule has 1 saturated heterocycles. The zero-order valence-electron chi connectivity index (χ0n) is 19.2. The predicted molar refractivity (Wildman–Crippen MR) is 136 cm³/mol. The van der Waals surface area contributed by atoms with Gasteiger partial charge >= 0.3 is 5.97 Å². The summed E-state index contributed by atoms with van der Waals surface area (Å²) in [5.74, 6) is -0.826. The molecule has 2 amide bonds. The highest BCUT2D eigenvalue weighted by atomic mass is 32.2. The molecule has 0 unspecified atom stereocenters. The fourth-order valence-electron chi connectivity index (χ4n) is 4.11. The van der Waals surface area contributed by atoms with Crippen molar-refractivity contribution in [2.75, 3.05) is 12.9 Å². The summed E-state index contributed by atoms with van der Waals surface area (Å²) in [6.07, 6.45) is 1.79. The first-order valence-electron chi connectivity index (χ1n) is 11.1. The highest BCUT2D eigenvalue weighted by Gasteiger charge is 2.54. The molecule has 9 nitrogen and oxygen atoms in total. The van der Waals surface area contributed by atoms with E-state index in [4.69, 9.17) is 4.74 Å². The van der Waals surface area contributed by atoms with Crippen molar-refractivity contribution in [3.05, 3.63) is 83.0 Å². The molecule has 1 aromatic heterocycles. The number of nitrogens with zero attached hydrogens (tertiary/aromatic N) is 3. The van der Waals surface area contributed by atoms with Crippen LogP contribution in [0.4, 0.5) is 0 Å². The zero-order chi connectivity index (χ0) is 25.2. The third-order valence-corrected chi connectivity index (χ3v) is 8.36. The molecule has 184 valence electrons. The topological polar surface area (TPSA) is 114 Å². The second kappa shape index (κ2) is 10.1. The lowest BCUT2D eigenvalue weighted by atomic mass is 10.0. The van der Waals surface area contributed by atoms with Gasteiger partial charge in [-0.05, 0) is 23.8 Å². The van der Waals surface area contributed by atoms with Crippen LogP contribution in [0.2, 0.25) is 0 Å². The number of aromatic nitrogens is 2. The van der Waals surface area contributed by atoms with Crippen molar-refractivity contribution in [3.63, 3.8) is 0 Å². The normalized spacial score (nSPS) is 18.9. The quantitative estimate of drug-likeness (QED) is 0.434. The molecule has 0 saturated carbocycles. The van der Waals surface area contributed by atoms with Crippen LogP contribution in [0.25, 0.3) is 5.69 Å². The van der Waals surface area contributed by atoms with Crippen molar-refractivity contribution in [1.82, 2.24) is 20.0 Å². The van der Waals surface area contributed by atoms with Crippen LogP contribution in [-0.4, -0.2) is 61.8 Å². The molecule has 11 heteroatoms. The van der Waals surface area contributed by atoms with Gasteiger partial charge in [0.1, 0.15) is 27.9 Å². The maximum atomic E-state index is 13.0. The average molecular weight is 523 g/mol. The number of rotatable bonds is 8. The third-order valence-electron chi connectivity index (χ3n) is 5.79. The fraction of sp³-hybridized carbons (Fsp3) is 0.200. The minimum atomic E-state index is -1.18.